The van der Waals surface area contributed by atoms with E-state index < -0.39 is 33.5 Å². The maximum absolute atomic E-state index is 13.7. The zero-order valence-corrected chi connectivity index (χ0v) is 20.1. The highest BCUT2D eigenvalue weighted by atomic mass is 32.2. The molecule has 9 heteroatoms. The fourth-order valence-electron chi connectivity index (χ4n) is 5.54. The third kappa shape index (κ3) is 2.96. The number of aryl methyl sites for hydroxylation is 1. The number of aromatic nitrogens is 1. The lowest BCUT2D eigenvalue weighted by Crippen LogP contribution is -2.56. The van der Waals surface area contributed by atoms with Gasteiger partial charge in [0.25, 0.3) is 0 Å². The van der Waals surface area contributed by atoms with Crippen LogP contribution in [0.2, 0.25) is 0 Å². The van der Waals surface area contributed by atoms with Crippen molar-refractivity contribution in [3.05, 3.63) is 65.4 Å². The summed E-state index contributed by atoms with van der Waals surface area (Å²) >= 11 is 0. The summed E-state index contributed by atoms with van der Waals surface area (Å²) < 4.78 is 40.8. The van der Waals surface area contributed by atoms with E-state index in [9.17, 15) is 18.0 Å². The summed E-state index contributed by atoms with van der Waals surface area (Å²) in [6, 6.07) is 13.8. The van der Waals surface area contributed by atoms with Gasteiger partial charge < -0.3 is 14.0 Å². The van der Waals surface area contributed by atoms with Gasteiger partial charge in [0.05, 0.1) is 30.7 Å². The number of hydrogen-bond donors (Lipinski definition) is 0. The van der Waals surface area contributed by atoms with Gasteiger partial charge in [-0.3, -0.25) is 0 Å². The van der Waals surface area contributed by atoms with Gasteiger partial charge in [0.15, 0.2) is 0 Å². The second kappa shape index (κ2) is 7.95. The quantitative estimate of drug-likeness (QED) is 0.419. The molecule has 0 bridgehead atoms. The third-order valence-corrected chi connectivity index (χ3v) is 9.02. The molecular formula is C25H26N2O6S. The summed E-state index contributed by atoms with van der Waals surface area (Å²) in [6.45, 7) is 2.22. The standard InChI is InChI=1S/C25H26N2O6S/c1-16-8-10-17(11-9-16)34(30,31)26-15-13-19-18-6-4-5-7-20(18)27-22(19)21(26)12-14-25(27,23(28)32-2)24(29)33-3/h4-11,21H,12-15H2,1-3H3/t21-/m0/s1. The van der Waals surface area contributed by atoms with Crippen molar-refractivity contribution in [3.8, 4) is 0 Å². The zero-order chi connectivity index (χ0) is 24.3. The summed E-state index contributed by atoms with van der Waals surface area (Å²) in [5, 5.41) is 0.897. The van der Waals surface area contributed by atoms with E-state index in [0.717, 1.165) is 16.5 Å². The average Bonchev–Trinajstić information content (AvgIpc) is 3.20. The molecule has 3 heterocycles. The number of carbonyl (C=O) groups excluding carboxylic acids is 2. The number of sulfonamides is 1. The number of esters is 2. The molecule has 0 aliphatic carbocycles. The molecule has 1 atom stereocenters. The molecule has 0 radical (unpaired) electrons. The van der Waals surface area contributed by atoms with Crippen LogP contribution in [0.15, 0.2) is 53.4 Å². The fourth-order valence-corrected chi connectivity index (χ4v) is 7.17. The van der Waals surface area contributed by atoms with Crippen LogP contribution < -0.4 is 0 Å². The Bertz CT molecular complexity index is 1390. The first-order chi connectivity index (χ1) is 16.3. The second-order valence-electron chi connectivity index (χ2n) is 8.79. The summed E-state index contributed by atoms with van der Waals surface area (Å²) in [5.41, 5.74) is 1.54. The van der Waals surface area contributed by atoms with Crippen LogP contribution in [-0.4, -0.2) is 50.0 Å². The molecular weight excluding hydrogens is 456 g/mol. The molecule has 5 rings (SSSR count). The van der Waals surface area contributed by atoms with Crippen LogP contribution in [0.4, 0.5) is 0 Å². The van der Waals surface area contributed by atoms with Crippen LogP contribution in [0.1, 0.15) is 35.7 Å². The van der Waals surface area contributed by atoms with E-state index in [0.29, 0.717) is 24.2 Å². The molecule has 2 aliphatic heterocycles. The van der Waals surface area contributed by atoms with Gasteiger partial charge in [-0.2, -0.15) is 4.31 Å². The molecule has 0 fully saturated rings. The Labute approximate surface area is 198 Å². The second-order valence-corrected chi connectivity index (χ2v) is 10.7. The fraction of sp³-hybridized carbons (Fsp3) is 0.360. The van der Waals surface area contributed by atoms with Crippen molar-refractivity contribution in [2.45, 2.75) is 42.7 Å². The molecule has 3 aromatic rings. The molecule has 0 N–H and O–H groups in total. The van der Waals surface area contributed by atoms with Gasteiger partial charge in [-0.1, -0.05) is 35.9 Å². The van der Waals surface area contributed by atoms with Crippen LogP contribution in [0.3, 0.4) is 0 Å². The average molecular weight is 483 g/mol. The molecule has 0 saturated heterocycles. The van der Waals surface area contributed by atoms with Crippen LogP contribution in [0, 0.1) is 6.92 Å². The van der Waals surface area contributed by atoms with E-state index in [1.54, 1.807) is 28.8 Å². The van der Waals surface area contributed by atoms with Crippen LogP contribution >= 0.6 is 0 Å². The van der Waals surface area contributed by atoms with Gasteiger partial charge in [-0.25, -0.2) is 18.0 Å². The number of carbonyl (C=O) groups is 2. The van der Waals surface area contributed by atoms with E-state index in [1.165, 1.54) is 18.5 Å². The first-order valence-electron chi connectivity index (χ1n) is 11.2. The van der Waals surface area contributed by atoms with Crippen molar-refractivity contribution in [3.63, 3.8) is 0 Å². The Balaban J connectivity index is 1.76. The van der Waals surface area contributed by atoms with Gasteiger partial charge in [0.1, 0.15) is 0 Å². The topological polar surface area (TPSA) is 94.9 Å². The zero-order valence-electron chi connectivity index (χ0n) is 19.3. The van der Waals surface area contributed by atoms with E-state index >= 15 is 0 Å². The first-order valence-corrected chi connectivity index (χ1v) is 12.6. The Morgan fingerprint density at radius 1 is 1.00 bits per heavy atom. The maximum Gasteiger partial charge on any atom is 0.343 e. The Kier molecular flexibility index (Phi) is 5.29. The lowest BCUT2D eigenvalue weighted by Gasteiger charge is -2.44. The summed E-state index contributed by atoms with van der Waals surface area (Å²) in [5.74, 6) is -1.44. The molecule has 8 nitrogen and oxygen atoms in total. The van der Waals surface area contributed by atoms with Crippen LogP contribution in [0.25, 0.3) is 10.9 Å². The highest BCUT2D eigenvalue weighted by molar-refractivity contribution is 7.89. The van der Waals surface area contributed by atoms with Crippen molar-refractivity contribution < 1.29 is 27.5 Å². The Hall–Kier alpha value is -3.17. The first kappa shape index (κ1) is 22.6. The predicted molar refractivity (Wildman–Crippen MR) is 125 cm³/mol. The number of rotatable bonds is 4. The molecule has 0 amide bonds. The van der Waals surface area contributed by atoms with Gasteiger partial charge in [-0.05, 0) is 49.9 Å². The Morgan fingerprint density at radius 2 is 1.65 bits per heavy atom. The highest BCUT2D eigenvalue weighted by Crippen LogP contribution is 2.50. The SMILES string of the molecule is COC(=O)C1(C(=O)OC)CC[C@H]2c3c(c4ccccc4n31)CCN2S(=O)(=O)c1ccc(C)cc1. The molecule has 0 spiro atoms. The number of nitrogens with zero attached hydrogens (tertiary/aromatic N) is 2. The van der Waals surface area contributed by atoms with Crippen molar-refractivity contribution in [1.82, 2.24) is 8.87 Å². The smallest absolute Gasteiger partial charge is 0.343 e. The molecule has 178 valence electrons. The van der Waals surface area contributed by atoms with E-state index in [2.05, 4.69) is 0 Å². The minimum Gasteiger partial charge on any atom is -0.467 e. The summed E-state index contributed by atoms with van der Waals surface area (Å²) in [7, 11) is -1.32. The molecule has 1 aromatic heterocycles. The number of methoxy groups -OCH3 is 2. The van der Waals surface area contributed by atoms with Gasteiger partial charge in [0, 0.05) is 17.6 Å². The van der Waals surface area contributed by atoms with Crippen molar-refractivity contribution in [1.29, 1.82) is 0 Å². The number of benzene rings is 2. The van der Waals surface area contributed by atoms with E-state index in [-0.39, 0.29) is 17.7 Å². The lowest BCUT2D eigenvalue weighted by molar-refractivity contribution is -0.169. The van der Waals surface area contributed by atoms with E-state index in [1.807, 2.05) is 31.2 Å². The van der Waals surface area contributed by atoms with Gasteiger partial charge in [-0.15, -0.1) is 0 Å². The largest absolute Gasteiger partial charge is 0.467 e. The highest BCUT2D eigenvalue weighted by Gasteiger charge is 2.57. The van der Waals surface area contributed by atoms with Crippen LogP contribution in [-0.2, 0) is 41.0 Å². The summed E-state index contributed by atoms with van der Waals surface area (Å²) in [4.78, 5) is 26.6. The maximum atomic E-state index is 13.7. The minimum atomic E-state index is -3.80. The monoisotopic (exact) mass is 482 g/mol. The normalized spacial score (nSPS) is 19.4. The molecule has 2 aromatic carbocycles. The lowest BCUT2D eigenvalue weighted by atomic mass is 9.83. The number of ether oxygens (including phenoxy) is 2. The van der Waals surface area contributed by atoms with Gasteiger partial charge >= 0.3 is 11.9 Å². The molecule has 34 heavy (non-hydrogen) atoms. The van der Waals surface area contributed by atoms with Crippen molar-refractivity contribution >= 4 is 32.9 Å². The Morgan fingerprint density at radius 3 is 2.29 bits per heavy atom. The van der Waals surface area contributed by atoms with Gasteiger partial charge in [0.2, 0.25) is 15.6 Å². The number of hydrogen-bond acceptors (Lipinski definition) is 6. The number of fused-ring (bicyclic) bond motifs is 3. The summed E-state index contributed by atoms with van der Waals surface area (Å²) in [6.07, 6.45) is 0.795. The predicted octanol–water partition coefficient (Wildman–Crippen LogP) is 3.07. The third-order valence-electron chi connectivity index (χ3n) is 7.10. The van der Waals surface area contributed by atoms with E-state index in [4.69, 9.17) is 9.47 Å². The molecule has 0 saturated carbocycles. The van der Waals surface area contributed by atoms with Crippen molar-refractivity contribution in [2.75, 3.05) is 20.8 Å². The minimum absolute atomic E-state index is 0.0576. The molecule has 0 unspecified atom stereocenters. The van der Waals surface area contributed by atoms with Crippen LogP contribution in [0.5, 0.6) is 0 Å². The molecule has 2 aliphatic rings. The number of para-hydroxylation sites is 1. The van der Waals surface area contributed by atoms with Crippen molar-refractivity contribution in [2.24, 2.45) is 0 Å².